The van der Waals surface area contributed by atoms with E-state index in [1.807, 2.05) is 0 Å². The number of nitriles is 1. The summed E-state index contributed by atoms with van der Waals surface area (Å²) in [5, 5.41) is 17.6. The van der Waals surface area contributed by atoms with Crippen molar-refractivity contribution in [2.45, 2.75) is 38.1 Å². The van der Waals surface area contributed by atoms with Crippen LogP contribution in [0.1, 0.15) is 32.1 Å². The highest BCUT2D eigenvalue weighted by molar-refractivity contribution is 5.73. The minimum absolute atomic E-state index is 0.291. The second kappa shape index (κ2) is 3.75. The summed E-state index contributed by atoms with van der Waals surface area (Å²) in [7, 11) is 0. The van der Waals surface area contributed by atoms with Crippen LogP contribution in [0.3, 0.4) is 0 Å². The molecule has 1 atom stereocenters. The maximum absolute atomic E-state index is 10.5. The zero-order valence-electron chi connectivity index (χ0n) is 7.49. The Labute approximate surface area is 77.3 Å². The molecular formula is C9H14N2O2. The Balaban J connectivity index is 2.59. The Morgan fingerprint density at radius 1 is 1.62 bits per heavy atom. The van der Waals surface area contributed by atoms with Gasteiger partial charge >= 0.3 is 5.97 Å². The van der Waals surface area contributed by atoms with E-state index in [0.29, 0.717) is 6.42 Å². The number of nitrogens with zero attached hydrogens (tertiary/aromatic N) is 1. The van der Waals surface area contributed by atoms with E-state index in [2.05, 4.69) is 6.07 Å². The zero-order chi connectivity index (χ0) is 9.90. The van der Waals surface area contributed by atoms with Crippen LogP contribution in [-0.2, 0) is 4.79 Å². The first-order valence-electron chi connectivity index (χ1n) is 4.49. The van der Waals surface area contributed by atoms with Gasteiger partial charge in [-0.3, -0.25) is 4.79 Å². The summed E-state index contributed by atoms with van der Waals surface area (Å²) in [6.07, 6.45) is 3.91. The third-order valence-electron chi connectivity index (χ3n) is 2.73. The monoisotopic (exact) mass is 182 g/mol. The van der Waals surface area contributed by atoms with Gasteiger partial charge in [-0.05, 0) is 19.3 Å². The van der Waals surface area contributed by atoms with E-state index in [1.54, 1.807) is 0 Å². The first kappa shape index (κ1) is 10.0. The molecule has 0 aliphatic heterocycles. The van der Waals surface area contributed by atoms with Gasteiger partial charge in [0.2, 0.25) is 0 Å². The van der Waals surface area contributed by atoms with Gasteiger partial charge in [0.05, 0.1) is 11.5 Å². The highest BCUT2D eigenvalue weighted by Gasteiger charge is 2.37. The third-order valence-corrected chi connectivity index (χ3v) is 2.73. The van der Waals surface area contributed by atoms with Crippen molar-refractivity contribution in [2.75, 3.05) is 0 Å². The zero-order valence-corrected chi connectivity index (χ0v) is 7.49. The molecule has 0 heterocycles. The van der Waals surface area contributed by atoms with Gasteiger partial charge in [0.1, 0.15) is 6.04 Å². The number of hydrogen-bond donors (Lipinski definition) is 2. The first-order chi connectivity index (χ1) is 6.09. The Morgan fingerprint density at radius 3 is 2.54 bits per heavy atom. The van der Waals surface area contributed by atoms with Crippen LogP contribution in [0, 0.1) is 16.7 Å². The molecule has 3 N–H and O–H groups in total. The quantitative estimate of drug-likeness (QED) is 0.678. The van der Waals surface area contributed by atoms with E-state index < -0.39 is 17.4 Å². The van der Waals surface area contributed by atoms with E-state index in [-0.39, 0.29) is 0 Å². The minimum atomic E-state index is -1.01. The summed E-state index contributed by atoms with van der Waals surface area (Å²) >= 11 is 0. The van der Waals surface area contributed by atoms with Crippen LogP contribution in [-0.4, -0.2) is 17.1 Å². The predicted octanol–water partition coefficient (Wildman–Crippen LogP) is 0.872. The highest BCUT2D eigenvalue weighted by atomic mass is 16.4. The highest BCUT2D eigenvalue weighted by Crippen LogP contribution is 2.40. The van der Waals surface area contributed by atoms with Crippen LogP contribution < -0.4 is 5.73 Å². The first-order valence-corrected chi connectivity index (χ1v) is 4.49. The standard InChI is InChI=1S/C9H14N2O2/c10-6-9(3-1-2-4-9)5-7(11)8(12)13/h7H,1-5,11H2,(H,12,13)/t7-/m0/s1. The summed E-state index contributed by atoms with van der Waals surface area (Å²) in [5.41, 5.74) is 4.95. The van der Waals surface area contributed by atoms with Crippen molar-refractivity contribution in [1.82, 2.24) is 0 Å². The second-order valence-corrected chi connectivity index (χ2v) is 3.75. The third kappa shape index (κ3) is 2.19. The number of carbonyl (C=O) groups is 1. The maximum atomic E-state index is 10.5. The largest absolute Gasteiger partial charge is 0.480 e. The summed E-state index contributed by atoms with van der Waals surface area (Å²) < 4.78 is 0. The van der Waals surface area contributed by atoms with Crippen molar-refractivity contribution < 1.29 is 9.90 Å². The lowest BCUT2D eigenvalue weighted by Gasteiger charge is -2.21. The van der Waals surface area contributed by atoms with Crippen molar-refractivity contribution in [2.24, 2.45) is 11.1 Å². The summed E-state index contributed by atoms with van der Waals surface area (Å²) in [5.74, 6) is -1.01. The van der Waals surface area contributed by atoms with Crippen LogP contribution in [0.25, 0.3) is 0 Å². The molecule has 0 aromatic carbocycles. The number of carboxylic acid groups (broad SMARTS) is 1. The van der Waals surface area contributed by atoms with Crippen LogP contribution in [0.5, 0.6) is 0 Å². The van der Waals surface area contributed by atoms with Gasteiger partial charge in [-0.25, -0.2) is 0 Å². The van der Waals surface area contributed by atoms with Gasteiger partial charge in [0.15, 0.2) is 0 Å². The minimum Gasteiger partial charge on any atom is -0.480 e. The average molecular weight is 182 g/mol. The van der Waals surface area contributed by atoms with E-state index >= 15 is 0 Å². The van der Waals surface area contributed by atoms with Crippen LogP contribution in [0.4, 0.5) is 0 Å². The number of aliphatic carboxylic acids is 1. The molecule has 1 aliphatic carbocycles. The molecule has 0 unspecified atom stereocenters. The van der Waals surface area contributed by atoms with Crippen molar-refractivity contribution in [1.29, 1.82) is 5.26 Å². The topological polar surface area (TPSA) is 87.1 Å². The number of nitrogens with two attached hydrogens (primary N) is 1. The van der Waals surface area contributed by atoms with Crippen molar-refractivity contribution in [3.63, 3.8) is 0 Å². The molecule has 0 spiro atoms. The molecule has 1 saturated carbocycles. The maximum Gasteiger partial charge on any atom is 0.320 e. The molecule has 1 fully saturated rings. The summed E-state index contributed by atoms with van der Waals surface area (Å²) in [4.78, 5) is 10.5. The van der Waals surface area contributed by atoms with Gasteiger partial charge in [-0.2, -0.15) is 5.26 Å². The van der Waals surface area contributed by atoms with Gasteiger partial charge < -0.3 is 10.8 Å². The molecule has 0 aromatic heterocycles. The molecular weight excluding hydrogens is 168 g/mol. The van der Waals surface area contributed by atoms with Gasteiger partial charge in [-0.1, -0.05) is 12.8 Å². The molecule has 0 bridgehead atoms. The fourth-order valence-electron chi connectivity index (χ4n) is 1.92. The van der Waals surface area contributed by atoms with Crippen molar-refractivity contribution in [3.05, 3.63) is 0 Å². The Morgan fingerprint density at radius 2 is 2.15 bits per heavy atom. The number of rotatable bonds is 3. The van der Waals surface area contributed by atoms with E-state index in [1.165, 1.54) is 0 Å². The Bertz CT molecular complexity index is 238. The van der Waals surface area contributed by atoms with E-state index in [0.717, 1.165) is 25.7 Å². The van der Waals surface area contributed by atoms with E-state index in [9.17, 15) is 4.79 Å². The molecule has 4 heteroatoms. The van der Waals surface area contributed by atoms with E-state index in [4.69, 9.17) is 16.1 Å². The average Bonchev–Trinajstić information content (AvgIpc) is 2.54. The fraction of sp³-hybridized carbons (Fsp3) is 0.778. The number of hydrogen-bond acceptors (Lipinski definition) is 3. The molecule has 0 saturated heterocycles. The van der Waals surface area contributed by atoms with Gasteiger partial charge in [-0.15, -0.1) is 0 Å². The molecule has 13 heavy (non-hydrogen) atoms. The molecule has 0 aromatic rings. The smallest absolute Gasteiger partial charge is 0.320 e. The molecule has 1 rings (SSSR count). The molecule has 72 valence electrons. The number of carboxylic acids is 1. The normalized spacial score (nSPS) is 22.2. The SMILES string of the molecule is N#CC1(C[C@H](N)C(=O)O)CCCC1. The lowest BCUT2D eigenvalue weighted by Crippen LogP contribution is -2.35. The van der Waals surface area contributed by atoms with Crippen LogP contribution in [0.2, 0.25) is 0 Å². The molecule has 0 radical (unpaired) electrons. The molecule has 0 amide bonds. The van der Waals surface area contributed by atoms with Crippen molar-refractivity contribution in [3.8, 4) is 6.07 Å². The fourth-order valence-corrected chi connectivity index (χ4v) is 1.92. The van der Waals surface area contributed by atoms with Gasteiger partial charge in [0.25, 0.3) is 0 Å². The summed E-state index contributed by atoms with van der Waals surface area (Å²) in [6.45, 7) is 0. The van der Waals surface area contributed by atoms with Crippen LogP contribution in [0.15, 0.2) is 0 Å². The predicted molar refractivity (Wildman–Crippen MR) is 46.7 cm³/mol. The molecule has 1 aliphatic rings. The second-order valence-electron chi connectivity index (χ2n) is 3.75. The Hall–Kier alpha value is -1.08. The Kier molecular flexibility index (Phi) is 2.89. The lowest BCUT2D eigenvalue weighted by atomic mass is 9.82. The lowest BCUT2D eigenvalue weighted by molar-refractivity contribution is -0.139. The molecule has 4 nitrogen and oxygen atoms in total. The van der Waals surface area contributed by atoms with Crippen molar-refractivity contribution >= 4 is 5.97 Å². The van der Waals surface area contributed by atoms with Gasteiger partial charge in [0, 0.05) is 0 Å². The summed E-state index contributed by atoms with van der Waals surface area (Å²) in [6, 6.07) is 1.33. The van der Waals surface area contributed by atoms with Crippen LogP contribution >= 0.6 is 0 Å².